The zero-order chi connectivity index (χ0) is 8.84. The van der Waals surface area contributed by atoms with E-state index in [1.165, 1.54) is 32.1 Å². The Morgan fingerprint density at radius 3 is 2.54 bits per heavy atom. The molecule has 3 aliphatic rings. The Morgan fingerprint density at radius 1 is 1.15 bits per heavy atom. The summed E-state index contributed by atoms with van der Waals surface area (Å²) in [6.07, 6.45) is 8.86. The van der Waals surface area contributed by atoms with Gasteiger partial charge in [-0.2, -0.15) is 0 Å². The predicted octanol–water partition coefficient (Wildman–Crippen LogP) is 2.56. The maximum atomic E-state index is 3.87. The molecule has 0 bridgehead atoms. The van der Waals surface area contributed by atoms with Crippen LogP contribution >= 0.6 is 0 Å². The molecular formula is C12H21N. The van der Waals surface area contributed by atoms with Crippen LogP contribution in [0, 0.1) is 17.8 Å². The van der Waals surface area contributed by atoms with Gasteiger partial charge in [-0.1, -0.05) is 13.3 Å². The first-order valence-electron chi connectivity index (χ1n) is 6.13. The van der Waals surface area contributed by atoms with Crippen LogP contribution in [0.2, 0.25) is 0 Å². The summed E-state index contributed by atoms with van der Waals surface area (Å²) in [7, 11) is 0. The van der Waals surface area contributed by atoms with Gasteiger partial charge in [-0.05, 0) is 49.9 Å². The molecule has 1 heteroatoms. The predicted molar refractivity (Wildman–Crippen MR) is 54.6 cm³/mol. The van der Waals surface area contributed by atoms with Gasteiger partial charge in [-0.3, -0.25) is 0 Å². The maximum Gasteiger partial charge on any atom is 0.0101 e. The third-order valence-electron chi connectivity index (χ3n) is 4.61. The molecule has 3 saturated carbocycles. The molecule has 74 valence electrons. The largest absolute Gasteiger partial charge is 0.311 e. The van der Waals surface area contributed by atoms with E-state index in [0.29, 0.717) is 0 Å². The fourth-order valence-corrected chi connectivity index (χ4v) is 3.42. The molecule has 0 heterocycles. The molecule has 1 N–H and O–H groups in total. The molecule has 13 heavy (non-hydrogen) atoms. The Balaban J connectivity index is 1.44. The van der Waals surface area contributed by atoms with Gasteiger partial charge in [-0.25, -0.2) is 0 Å². The monoisotopic (exact) mass is 179 g/mol. The lowest BCUT2D eigenvalue weighted by Gasteiger charge is -2.37. The molecule has 3 fully saturated rings. The highest BCUT2D eigenvalue weighted by molar-refractivity contribution is 5.03. The first kappa shape index (κ1) is 8.28. The zero-order valence-electron chi connectivity index (χ0n) is 8.63. The molecule has 0 spiro atoms. The highest BCUT2D eigenvalue weighted by Crippen LogP contribution is 2.52. The molecule has 0 aromatic carbocycles. The number of hydrogen-bond donors (Lipinski definition) is 1. The van der Waals surface area contributed by atoms with Gasteiger partial charge in [0.05, 0.1) is 0 Å². The van der Waals surface area contributed by atoms with E-state index < -0.39 is 0 Å². The van der Waals surface area contributed by atoms with E-state index in [1.54, 1.807) is 6.42 Å². The Labute approximate surface area is 81.3 Å². The Kier molecular flexibility index (Phi) is 1.90. The molecule has 0 aromatic rings. The summed E-state index contributed by atoms with van der Waals surface area (Å²) in [5, 5.41) is 3.87. The van der Waals surface area contributed by atoms with E-state index in [2.05, 4.69) is 12.2 Å². The molecule has 0 saturated heterocycles. The van der Waals surface area contributed by atoms with Crippen molar-refractivity contribution in [2.24, 2.45) is 17.8 Å². The van der Waals surface area contributed by atoms with Gasteiger partial charge in [-0.15, -0.1) is 0 Å². The summed E-state index contributed by atoms with van der Waals surface area (Å²) in [5.74, 6) is 3.29. The Hall–Kier alpha value is -0.0400. The lowest BCUT2D eigenvalue weighted by molar-refractivity contribution is 0.195. The summed E-state index contributed by atoms with van der Waals surface area (Å²) in [6.45, 7) is 2.33. The Morgan fingerprint density at radius 2 is 2.00 bits per heavy atom. The van der Waals surface area contributed by atoms with Crippen molar-refractivity contribution >= 4 is 0 Å². The molecular weight excluding hydrogens is 158 g/mol. The van der Waals surface area contributed by atoms with Crippen LogP contribution in [0.1, 0.15) is 45.4 Å². The van der Waals surface area contributed by atoms with Crippen molar-refractivity contribution in [2.75, 3.05) is 0 Å². The molecule has 3 rings (SSSR count). The van der Waals surface area contributed by atoms with E-state index in [9.17, 15) is 0 Å². The van der Waals surface area contributed by atoms with Gasteiger partial charge < -0.3 is 5.32 Å². The van der Waals surface area contributed by atoms with E-state index in [0.717, 1.165) is 29.8 Å². The van der Waals surface area contributed by atoms with E-state index >= 15 is 0 Å². The average Bonchev–Trinajstić information content (AvgIpc) is 2.74. The summed E-state index contributed by atoms with van der Waals surface area (Å²) < 4.78 is 0. The number of fused-ring (bicyclic) bond motifs is 1. The third-order valence-corrected chi connectivity index (χ3v) is 4.61. The molecule has 0 aliphatic heterocycles. The number of rotatable bonds is 3. The van der Waals surface area contributed by atoms with Gasteiger partial charge in [0.2, 0.25) is 0 Å². The second kappa shape index (κ2) is 2.98. The van der Waals surface area contributed by atoms with E-state index in [1.807, 2.05) is 0 Å². The number of nitrogens with one attached hydrogen (secondary N) is 1. The Bertz CT molecular complexity index is 195. The van der Waals surface area contributed by atoms with Gasteiger partial charge in [0, 0.05) is 12.1 Å². The molecule has 3 unspecified atom stereocenters. The first-order valence-corrected chi connectivity index (χ1v) is 6.13. The average molecular weight is 179 g/mol. The van der Waals surface area contributed by atoms with Crippen LogP contribution < -0.4 is 5.32 Å². The van der Waals surface area contributed by atoms with Crippen LogP contribution in [0.4, 0.5) is 0 Å². The van der Waals surface area contributed by atoms with Crippen LogP contribution in [0.3, 0.4) is 0 Å². The van der Waals surface area contributed by atoms with E-state index in [-0.39, 0.29) is 0 Å². The highest BCUT2D eigenvalue weighted by atomic mass is 15.0. The highest BCUT2D eigenvalue weighted by Gasteiger charge is 2.48. The SMILES string of the molecule is CCC1CC(NC2CCC3CC32)C1. The summed E-state index contributed by atoms with van der Waals surface area (Å²) in [4.78, 5) is 0. The summed E-state index contributed by atoms with van der Waals surface area (Å²) in [5.41, 5.74) is 0. The van der Waals surface area contributed by atoms with Crippen LogP contribution in [-0.4, -0.2) is 12.1 Å². The molecule has 3 atom stereocenters. The minimum absolute atomic E-state index is 0.897. The van der Waals surface area contributed by atoms with Crippen LogP contribution in [0.15, 0.2) is 0 Å². The van der Waals surface area contributed by atoms with Crippen molar-refractivity contribution in [1.82, 2.24) is 5.32 Å². The molecule has 1 nitrogen and oxygen atoms in total. The normalized spacial score (nSPS) is 52.8. The standard InChI is InChI=1S/C12H21N/c1-2-8-5-10(6-8)13-12-4-3-9-7-11(9)12/h8-13H,2-7H2,1H3. The minimum atomic E-state index is 0.897. The minimum Gasteiger partial charge on any atom is -0.311 e. The van der Waals surface area contributed by atoms with Gasteiger partial charge in [0.1, 0.15) is 0 Å². The van der Waals surface area contributed by atoms with Crippen molar-refractivity contribution in [3.63, 3.8) is 0 Å². The van der Waals surface area contributed by atoms with E-state index in [4.69, 9.17) is 0 Å². The van der Waals surface area contributed by atoms with Crippen LogP contribution in [-0.2, 0) is 0 Å². The van der Waals surface area contributed by atoms with Crippen LogP contribution in [0.25, 0.3) is 0 Å². The molecule has 0 amide bonds. The summed E-state index contributed by atoms with van der Waals surface area (Å²) >= 11 is 0. The first-order chi connectivity index (χ1) is 6.36. The van der Waals surface area contributed by atoms with Gasteiger partial charge in [0.15, 0.2) is 0 Å². The lowest BCUT2D eigenvalue weighted by atomic mass is 9.78. The zero-order valence-corrected chi connectivity index (χ0v) is 8.63. The topological polar surface area (TPSA) is 12.0 Å². The summed E-state index contributed by atoms with van der Waals surface area (Å²) in [6, 6.07) is 1.82. The fraction of sp³-hybridized carbons (Fsp3) is 1.00. The third kappa shape index (κ3) is 1.41. The van der Waals surface area contributed by atoms with Gasteiger partial charge in [0.25, 0.3) is 0 Å². The smallest absolute Gasteiger partial charge is 0.0101 e. The van der Waals surface area contributed by atoms with Crippen molar-refractivity contribution in [1.29, 1.82) is 0 Å². The fourth-order valence-electron chi connectivity index (χ4n) is 3.42. The van der Waals surface area contributed by atoms with Gasteiger partial charge >= 0.3 is 0 Å². The van der Waals surface area contributed by atoms with Crippen molar-refractivity contribution in [3.05, 3.63) is 0 Å². The second-order valence-corrected chi connectivity index (χ2v) is 5.45. The maximum absolute atomic E-state index is 3.87. The van der Waals surface area contributed by atoms with Crippen LogP contribution in [0.5, 0.6) is 0 Å². The van der Waals surface area contributed by atoms with Crippen molar-refractivity contribution in [2.45, 2.75) is 57.5 Å². The second-order valence-electron chi connectivity index (χ2n) is 5.45. The van der Waals surface area contributed by atoms with Crippen molar-refractivity contribution in [3.8, 4) is 0 Å². The number of hydrogen-bond acceptors (Lipinski definition) is 1. The quantitative estimate of drug-likeness (QED) is 0.702. The lowest BCUT2D eigenvalue weighted by Crippen LogP contribution is -2.46. The molecule has 3 aliphatic carbocycles. The molecule has 0 radical (unpaired) electrons. The van der Waals surface area contributed by atoms with Crippen molar-refractivity contribution < 1.29 is 0 Å². The molecule has 0 aromatic heterocycles.